The van der Waals surface area contributed by atoms with Crippen LogP contribution in [-0.2, 0) is 0 Å². The Kier molecular flexibility index (Phi) is 4.34. The van der Waals surface area contributed by atoms with Crippen LogP contribution in [0.4, 0.5) is 0 Å². The Labute approximate surface area is 107 Å². The molecule has 0 aliphatic heterocycles. The number of allylic oxidation sites excluding steroid dienone is 2. The van der Waals surface area contributed by atoms with Crippen LogP contribution >= 0.6 is 22.6 Å². The highest BCUT2D eigenvalue weighted by Crippen LogP contribution is 2.29. The summed E-state index contributed by atoms with van der Waals surface area (Å²) in [7, 11) is -1.28. The lowest BCUT2D eigenvalue weighted by atomic mass is 10.1. The lowest BCUT2D eigenvalue weighted by Crippen LogP contribution is -2.24. The summed E-state index contributed by atoms with van der Waals surface area (Å²) in [4.78, 5) is 0. The number of hydrogen-bond donors (Lipinski definition) is 0. The van der Waals surface area contributed by atoms with Gasteiger partial charge in [0.15, 0.2) is 0 Å². The standard InChI is InChI=1S/C13H17ISi/c1-11(12-8-6-5-7-9-12)13(10-14)15(2,3)4/h5-10H,1H2,2-4H3/b13-10-. The monoisotopic (exact) mass is 328 g/mol. The maximum absolute atomic E-state index is 4.22. The largest absolute Gasteiger partial charge is 0.0913 e. The third kappa shape index (κ3) is 3.31. The summed E-state index contributed by atoms with van der Waals surface area (Å²) in [5, 5.41) is 1.44. The molecule has 0 nitrogen and oxygen atoms in total. The van der Waals surface area contributed by atoms with Crippen molar-refractivity contribution >= 4 is 36.2 Å². The first-order valence-electron chi connectivity index (χ1n) is 5.02. The number of benzene rings is 1. The van der Waals surface area contributed by atoms with E-state index in [1.54, 1.807) is 0 Å². The zero-order valence-corrected chi connectivity index (χ0v) is 12.7. The third-order valence-corrected chi connectivity index (χ3v) is 5.64. The van der Waals surface area contributed by atoms with Crippen molar-refractivity contribution in [3.8, 4) is 0 Å². The molecule has 0 N–H and O–H groups in total. The predicted octanol–water partition coefficient (Wildman–Crippen LogP) is 4.90. The molecule has 0 heterocycles. The molecule has 1 rings (SSSR count). The van der Waals surface area contributed by atoms with Gasteiger partial charge in [-0.05, 0) is 20.4 Å². The number of hydrogen-bond acceptors (Lipinski definition) is 0. The zero-order valence-electron chi connectivity index (χ0n) is 9.55. The maximum atomic E-state index is 4.22. The van der Waals surface area contributed by atoms with E-state index >= 15 is 0 Å². The Morgan fingerprint density at radius 1 is 1.20 bits per heavy atom. The minimum Gasteiger partial charge on any atom is -0.0913 e. The van der Waals surface area contributed by atoms with Gasteiger partial charge in [0.05, 0.1) is 8.07 Å². The molecule has 0 fully saturated rings. The van der Waals surface area contributed by atoms with Crippen LogP contribution in [-0.4, -0.2) is 8.07 Å². The molecular formula is C13H17ISi. The number of halogens is 1. The van der Waals surface area contributed by atoms with Crippen molar-refractivity contribution in [1.29, 1.82) is 0 Å². The van der Waals surface area contributed by atoms with Crippen LogP contribution in [0.1, 0.15) is 5.56 Å². The van der Waals surface area contributed by atoms with Gasteiger partial charge in [-0.3, -0.25) is 0 Å². The average Bonchev–Trinajstić information content (AvgIpc) is 2.18. The molecule has 15 heavy (non-hydrogen) atoms. The molecule has 0 unspecified atom stereocenters. The van der Waals surface area contributed by atoms with Crippen molar-refractivity contribution in [2.24, 2.45) is 0 Å². The van der Waals surface area contributed by atoms with Crippen LogP contribution in [0.25, 0.3) is 5.57 Å². The smallest absolute Gasteiger partial charge is 0.0789 e. The van der Waals surface area contributed by atoms with E-state index in [9.17, 15) is 0 Å². The van der Waals surface area contributed by atoms with Crippen LogP contribution in [0.3, 0.4) is 0 Å². The highest BCUT2D eigenvalue weighted by Gasteiger charge is 2.21. The van der Waals surface area contributed by atoms with Crippen molar-refractivity contribution in [3.05, 3.63) is 51.8 Å². The summed E-state index contributed by atoms with van der Waals surface area (Å²) >= 11 is 2.33. The fourth-order valence-corrected chi connectivity index (χ4v) is 6.03. The van der Waals surface area contributed by atoms with E-state index < -0.39 is 8.07 Å². The summed E-state index contributed by atoms with van der Waals surface area (Å²) < 4.78 is 2.19. The SMILES string of the molecule is C=C(/C(=C/I)[Si](C)(C)C)c1ccccc1. The molecule has 0 aromatic heterocycles. The molecule has 0 radical (unpaired) electrons. The number of rotatable bonds is 3. The van der Waals surface area contributed by atoms with Gasteiger partial charge in [0.1, 0.15) is 0 Å². The summed E-state index contributed by atoms with van der Waals surface area (Å²) in [6.07, 6.45) is 0. The fraction of sp³-hybridized carbons (Fsp3) is 0.231. The minimum absolute atomic E-state index is 1.18. The fourth-order valence-electron chi connectivity index (χ4n) is 1.48. The summed E-state index contributed by atoms with van der Waals surface area (Å²) in [6, 6.07) is 10.4. The third-order valence-electron chi connectivity index (χ3n) is 2.36. The van der Waals surface area contributed by atoms with Gasteiger partial charge in [-0.15, -0.1) is 0 Å². The normalized spacial score (nSPS) is 12.7. The molecule has 0 saturated carbocycles. The van der Waals surface area contributed by atoms with Gasteiger partial charge in [-0.1, -0.05) is 79.1 Å². The molecule has 0 spiro atoms. The second-order valence-electron chi connectivity index (χ2n) is 4.62. The van der Waals surface area contributed by atoms with Crippen molar-refractivity contribution in [2.45, 2.75) is 19.6 Å². The van der Waals surface area contributed by atoms with Gasteiger partial charge in [-0.25, -0.2) is 0 Å². The van der Waals surface area contributed by atoms with Crippen LogP contribution < -0.4 is 0 Å². The Morgan fingerprint density at radius 3 is 2.13 bits per heavy atom. The molecule has 80 valence electrons. The Morgan fingerprint density at radius 2 is 1.73 bits per heavy atom. The molecule has 1 aromatic rings. The van der Waals surface area contributed by atoms with Gasteiger partial charge in [-0.2, -0.15) is 0 Å². The Hall–Kier alpha value is -0.353. The van der Waals surface area contributed by atoms with Gasteiger partial charge >= 0.3 is 0 Å². The van der Waals surface area contributed by atoms with Gasteiger partial charge in [0.25, 0.3) is 0 Å². The Bertz CT molecular complexity index is 371. The summed E-state index contributed by atoms with van der Waals surface area (Å²) in [5.74, 6) is 0. The molecule has 0 bridgehead atoms. The highest BCUT2D eigenvalue weighted by atomic mass is 127. The van der Waals surface area contributed by atoms with Crippen LogP contribution in [0.5, 0.6) is 0 Å². The highest BCUT2D eigenvalue weighted by molar-refractivity contribution is 14.1. The van der Waals surface area contributed by atoms with Gasteiger partial charge in [0.2, 0.25) is 0 Å². The van der Waals surface area contributed by atoms with Crippen molar-refractivity contribution < 1.29 is 0 Å². The van der Waals surface area contributed by atoms with Crippen LogP contribution in [0.15, 0.2) is 46.2 Å². The van der Waals surface area contributed by atoms with Crippen LogP contribution in [0, 0.1) is 0 Å². The van der Waals surface area contributed by atoms with Crippen molar-refractivity contribution in [2.75, 3.05) is 0 Å². The average molecular weight is 328 g/mol. The van der Waals surface area contributed by atoms with Crippen LogP contribution in [0.2, 0.25) is 19.6 Å². The van der Waals surface area contributed by atoms with Crippen molar-refractivity contribution in [3.63, 3.8) is 0 Å². The van der Waals surface area contributed by atoms with E-state index in [4.69, 9.17) is 0 Å². The van der Waals surface area contributed by atoms with E-state index in [-0.39, 0.29) is 0 Å². The second kappa shape index (κ2) is 5.12. The van der Waals surface area contributed by atoms with E-state index in [0.717, 1.165) is 0 Å². The first-order valence-corrected chi connectivity index (χ1v) is 9.77. The van der Waals surface area contributed by atoms with E-state index in [2.05, 4.69) is 77.2 Å². The quantitative estimate of drug-likeness (QED) is 0.421. The summed E-state index contributed by atoms with van der Waals surface area (Å²) in [6.45, 7) is 11.3. The molecule has 0 aliphatic carbocycles. The molecule has 0 saturated heterocycles. The topological polar surface area (TPSA) is 0 Å². The Balaban J connectivity index is 3.05. The lowest BCUT2D eigenvalue weighted by Gasteiger charge is -2.22. The minimum atomic E-state index is -1.28. The second-order valence-corrected chi connectivity index (χ2v) is 10.3. The van der Waals surface area contributed by atoms with E-state index in [0.29, 0.717) is 0 Å². The molecule has 2 heteroatoms. The lowest BCUT2D eigenvalue weighted by molar-refractivity contribution is 1.59. The van der Waals surface area contributed by atoms with Crippen molar-refractivity contribution in [1.82, 2.24) is 0 Å². The predicted molar refractivity (Wildman–Crippen MR) is 80.9 cm³/mol. The summed E-state index contributed by atoms with van der Waals surface area (Å²) in [5.41, 5.74) is 2.42. The first-order chi connectivity index (χ1) is 6.96. The van der Waals surface area contributed by atoms with Gasteiger partial charge < -0.3 is 0 Å². The van der Waals surface area contributed by atoms with E-state index in [1.165, 1.54) is 16.3 Å². The zero-order chi connectivity index (χ0) is 11.5. The first kappa shape index (κ1) is 12.7. The maximum Gasteiger partial charge on any atom is 0.0789 e. The molecule has 0 aliphatic rings. The molecule has 0 amide bonds. The molecule has 0 atom stereocenters. The molecule has 1 aromatic carbocycles. The van der Waals surface area contributed by atoms with Gasteiger partial charge in [0, 0.05) is 0 Å². The van der Waals surface area contributed by atoms with E-state index in [1.807, 2.05) is 6.07 Å². The molecular weight excluding hydrogens is 311 g/mol.